The number of hydrogen-bond donors (Lipinski definition) is 7. The van der Waals surface area contributed by atoms with E-state index < -0.39 is 95.3 Å². The first-order chi connectivity index (χ1) is 22.3. The molecule has 48 heavy (non-hydrogen) atoms. The fourth-order valence-corrected chi connectivity index (χ4v) is 4.49. The Morgan fingerprint density at radius 3 is 1.52 bits per heavy atom. The Morgan fingerprint density at radius 1 is 0.604 bits per heavy atom. The Bertz CT molecular complexity index is 1250. The van der Waals surface area contributed by atoms with Crippen LogP contribution in [-0.2, 0) is 43.2 Å². The maximum atomic E-state index is 13.4. The number of hydrogen-bond acceptors (Lipinski definition) is 9. The van der Waals surface area contributed by atoms with Gasteiger partial charge in [-0.25, -0.2) is 0 Å². The van der Waals surface area contributed by atoms with E-state index >= 15 is 0 Å². The average molecular weight is 681 g/mol. The van der Waals surface area contributed by atoms with Crippen LogP contribution >= 0.6 is 0 Å². The molecule has 0 saturated carbocycles. The van der Waals surface area contributed by atoms with E-state index in [1.54, 1.807) is 27.7 Å². The number of carboxylic acid groups (broad SMARTS) is 2. The highest BCUT2D eigenvalue weighted by molar-refractivity contribution is 6.12. The SMILES string of the molecule is CC(C)[C@H](NC(=O)CC[C@H](NC(=O)CCCCCN1C(=O)C=CC1=O)C(=O)N[C@H](C(=O)N[C@@H](C)C(=O)O)C(C)C)C(=O)N[C@@H](C)C(=O)O. The molecule has 1 rings (SSSR count). The number of aliphatic carboxylic acids is 2. The van der Waals surface area contributed by atoms with Gasteiger partial charge in [0.25, 0.3) is 11.8 Å². The molecule has 7 amide bonds. The highest BCUT2D eigenvalue weighted by atomic mass is 16.4. The lowest BCUT2D eigenvalue weighted by molar-refractivity contribution is -0.142. The van der Waals surface area contributed by atoms with Crippen molar-refractivity contribution in [3.8, 4) is 0 Å². The molecule has 17 nitrogen and oxygen atoms in total. The molecule has 0 bridgehead atoms. The fraction of sp³-hybridized carbons (Fsp3) is 0.645. The molecule has 0 fully saturated rings. The van der Waals surface area contributed by atoms with Gasteiger partial charge in [0.1, 0.15) is 30.2 Å². The first kappa shape index (κ1) is 41.2. The van der Waals surface area contributed by atoms with Crippen LogP contribution in [0.15, 0.2) is 12.2 Å². The Labute approximate surface area is 279 Å². The summed E-state index contributed by atoms with van der Waals surface area (Å²) in [5, 5.41) is 30.5. The lowest BCUT2D eigenvalue weighted by atomic mass is 10.0. The van der Waals surface area contributed by atoms with Gasteiger partial charge in [-0.15, -0.1) is 0 Å². The van der Waals surface area contributed by atoms with Crippen LogP contribution in [0.3, 0.4) is 0 Å². The van der Waals surface area contributed by atoms with Crippen molar-refractivity contribution in [1.29, 1.82) is 0 Å². The molecule has 1 aliphatic heterocycles. The van der Waals surface area contributed by atoms with E-state index in [9.17, 15) is 43.2 Å². The van der Waals surface area contributed by atoms with Crippen LogP contribution in [0.25, 0.3) is 0 Å². The van der Waals surface area contributed by atoms with Gasteiger partial charge in [0, 0.05) is 31.5 Å². The van der Waals surface area contributed by atoms with Crippen molar-refractivity contribution >= 4 is 53.3 Å². The van der Waals surface area contributed by atoms with Crippen molar-refractivity contribution in [2.75, 3.05) is 6.54 Å². The van der Waals surface area contributed by atoms with E-state index in [0.717, 1.165) is 4.90 Å². The molecular formula is C31H48N6O11. The van der Waals surface area contributed by atoms with Crippen molar-refractivity contribution in [2.24, 2.45) is 11.8 Å². The molecule has 17 heteroatoms. The molecule has 268 valence electrons. The van der Waals surface area contributed by atoms with Crippen LogP contribution < -0.4 is 26.6 Å². The number of unbranched alkanes of at least 4 members (excludes halogenated alkanes) is 2. The van der Waals surface area contributed by atoms with Crippen molar-refractivity contribution in [3.63, 3.8) is 0 Å². The second-order valence-corrected chi connectivity index (χ2v) is 12.3. The van der Waals surface area contributed by atoms with Crippen LogP contribution in [0, 0.1) is 11.8 Å². The predicted molar refractivity (Wildman–Crippen MR) is 170 cm³/mol. The van der Waals surface area contributed by atoms with Crippen LogP contribution in [-0.4, -0.2) is 105 Å². The van der Waals surface area contributed by atoms with Crippen molar-refractivity contribution in [3.05, 3.63) is 12.2 Å². The zero-order valence-electron chi connectivity index (χ0n) is 28.2. The molecule has 1 heterocycles. The lowest BCUT2D eigenvalue weighted by Crippen LogP contribution is -2.57. The lowest BCUT2D eigenvalue weighted by Gasteiger charge is -2.26. The van der Waals surface area contributed by atoms with Gasteiger partial charge in [0.15, 0.2) is 0 Å². The summed E-state index contributed by atoms with van der Waals surface area (Å²) in [5.74, 6) is -7.76. The molecule has 0 aromatic heterocycles. The number of amides is 7. The van der Waals surface area contributed by atoms with Gasteiger partial charge in [0.05, 0.1) is 0 Å². The molecule has 5 atom stereocenters. The molecule has 0 saturated heterocycles. The van der Waals surface area contributed by atoms with Crippen LogP contribution in [0.2, 0.25) is 0 Å². The van der Waals surface area contributed by atoms with Gasteiger partial charge < -0.3 is 36.8 Å². The summed E-state index contributed by atoms with van der Waals surface area (Å²) in [6, 6.07) is -6.02. The Morgan fingerprint density at radius 2 is 1.06 bits per heavy atom. The van der Waals surface area contributed by atoms with E-state index in [2.05, 4.69) is 26.6 Å². The van der Waals surface area contributed by atoms with Gasteiger partial charge in [0.2, 0.25) is 29.5 Å². The minimum atomic E-state index is -1.31. The second-order valence-electron chi connectivity index (χ2n) is 12.3. The molecule has 0 aliphatic carbocycles. The Kier molecular flexibility index (Phi) is 16.9. The molecule has 0 aromatic rings. The third kappa shape index (κ3) is 13.9. The van der Waals surface area contributed by atoms with Gasteiger partial charge in [-0.05, 0) is 44.9 Å². The number of imide groups is 1. The molecule has 1 aliphatic rings. The van der Waals surface area contributed by atoms with E-state index in [0.29, 0.717) is 19.3 Å². The summed E-state index contributed by atoms with van der Waals surface area (Å²) in [6.45, 7) is 9.25. The highest BCUT2D eigenvalue weighted by Crippen LogP contribution is 2.10. The summed E-state index contributed by atoms with van der Waals surface area (Å²) in [5.41, 5.74) is 0. The highest BCUT2D eigenvalue weighted by Gasteiger charge is 2.32. The first-order valence-electron chi connectivity index (χ1n) is 15.8. The molecule has 0 unspecified atom stereocenters. The third-order valence-electron chi connectivity index (χ3n) is 7.47. The van der Waals surface area contributed by atoms with Crippen LogP contribution in [0.1, 0.15) is 80.1 Å². The number of carboxylic acids is 2. The van der Waals surface area contributed by atoms with E-state index in [4.69, 9.17) is 10.2 Å². The van der Waals surface area contributed by atoms with Crippen molar-refractivity contribution in [2.45, 2.75) is 110 Å². The standard InChI is InChI=1S/C31H48N6O11/c1-16(2)25(28(43)32-18(5)30(45)46)35-22(39)12-11-20(27(42)36-26(17(3)4)29(44)33-19(6)31(47)48)34-21(38)10-8-7-9-15-37-23(40)13-14-24(37)41/h13-14,16-20,25-26H,7-12,15H2,1-6H3,(H,32,43)(H,33,44)(H,34,38)(H,35,39)(H,36,42)(H,45,46)(H,47,48)/t18-,19-,20-,25-,26-/m0/s1. The zero-order valence-corrected chi connectivity index (χ0v) is 28.2. The number of carbonyl (C=O) groups excluding carboxylic acids is 7. The number of carbonyl (C=O) groups is 9. The smallest absolute Gasteiger partial charge is 0.325 e. The summed E-state index contributed by atoms with van der Waals surface area (Å²) in [7, 11) is 0. The number of nitrogens with one attached hydrogen (secondary N) is 5. The normalized spacial score (nSPS) is 15.7. The Balaban J connectivity index is 2.96. The molecular weight excluding hydrogens is 632 g/mol. The predicted octanol–water partition coefficient (Wildman–Crippen LogP) is -0.803. The summed E-state index contributed by atoms with van der Waals surface area (Å²) in [6.07, 6.45) is 3.03. The van der Waals surface area contributed by atoms with Crippen LogP contribution in [0.5, 0.6) is 0 Å². The minimum absolute atomic E-state index is 0.0301. The van der Waals surface area contributed by atoms with Gasteiger partial charge in [-0.1, -0.05) is 34.1 Å². The van der Waals surface area contributed by atoms with Crippen LogP contribution in [0.4, 0.5) is 0 Å². The van der Waals surface area contributed by atoms with E-state index in [1.165, 1.54) is 26.0 Å². The zero-order chi connectivity index (χ0) is 36.7. The van der Waals surface area contributed by atoms with Gasteiger partial charge >= 0.3 is 11.9 Å². The van der Waals surface area contributed by atoms with Crippen molar-refractivity contribution < 1.29 is 53.4 Å². The monoisotopic (exact) mass is 680 g/mol. The summed E-state index contributed by atoms with van der Waals surface area (Å²) < 4.78 is 0. The quantitative estimate of drug-likeness (QED) is 0.0583. The largest absolute Gasteiger partial charge is 0.480 e. The van der Waals surface area contributed by atoms with Gasteiger partial charge in [-0.3, -0.25) is 48.1 Å². The number of rotatable bonds is 21. The Hall–Kier alpha value is -4.83. The fourth-order valence-electron chi connectivity index (χ4n) is 4.49. The molecule has 0 aromatic carbocycles. The maximum Gasteiger partial charge on any atom is 0.325 e. The van der Waals surface area contributed by atoms with Gasteiger partial charge in [-0.2, -0.15) is 0 Å². The maximum absolute atomic E-state index is 13.4. The second kappa shape index (κ2) is 19.7. The molecule has 7 N–H and O–H groups in total. The molecule has 0 spiro atoms. The topological polar surface area (TPSA) is 257 Å². The van der Waals surface area contributed by atoms with Crippen molar-refractivity contribution in [1.82, 2.24) is 31.5 Å². The first-order valence-corrected chi connectivity index (χ1v) is 15.8. The van der Waals surface area contributed by atoms with E-state index in [1.807, 2.05) is 0 Å². The minimum Gasteiger partial charge on any atom is -0.480 e. The number of nitrogens with zero attached hydrogens (tertiary/aromatic N) is 1. The average Bonchev–Trinajstić information content (AvgIpc) is 3.31. The summed E-state index contributed by atoms with van der Waals surface area (Å²) in [4.78, 5) is 111. The molecule has 0 radical (unpaired) electrons. The summed E-state index contributed by atoms with van der Waals surface area (Å²) >= 11 is 0. The third-order valence-corrected chi connectivity index (χ3v) is 7.47. The van der Waals surface area contributed by atoms with E-state index in [-0.39, 0.29) is 25.8 Å².